The van der Waals surface area contributed by atoms with E-state index in [1.54, 1.807) is 6.08 Å². The van der Waals surface area contributed by atoms with Gasteiger partial charge in [0.05, 0.1) is 25.4 Å². The van der Waals surface area contributed by atoms with Gasteiger partial charge in [-0.05, 0) is 57.8 Å². The van der Waals surface area contributed by atoms with Crippen molar-refractivity contribution in [3.05, 3.63) is 36.5 Å². The summed E-state index contributed by atoms with van der Waals surface area (Å²) in [5.41, 5.74) is 0. The van der Waals surface area contributed by atoms with Crippen molar-refractivity contribution in [3.63, 3.8) is 0 Å². The van der Waals surface area contributed by atoms with Gasteiger partial charge >= 0.3 is 5.97 Å². The molecule has 0 aromatic rings. The molecule has 0 aromatic carbocycles. The summed E-state index contributed by atoms with van der Waals surface area (Å²) in [6.45, 7) is 4.89. The molecule has 2 unspecified atom stereocenters. The minimum Gasteiger partial charge on any atom is -0.466 e. The molecule has 6 nitrogen and oxygen atoms in total. The second-order valence-electron chi connectivity index (χ2n) is 24.9. The maximum Gasteiger partial charge on any atom is 0.305 e. The Labute approximate surface area is 500 Å². The molecule has 0 aromatic heterocycles. The number of amides is 1. The number of unbranched alkanes of at least 4 members (excludes halogenated alkanes) is 53. The summed E-state index contributed by atoms with van der Waals surface area (Å²) in [5, 5.41) is 23.2. The number of carbonyl (C=O) groups is 2. The van der Waals surface area contributed by atoms with Crippen LogP contribution in [0.15, 0.2) is 36.5 Å². The maximum atomic E-state index is 12.5. The fourth-order valence-electron chi connectivity index (χ4n) is 11.4. The van der Waals surface area contributed by atoms with Gasteiger partial charge in [-0.3, -0.25) is 9.59 Å². The first-order valence-corrected chi connectivity index (χ1v) is 36.3. The largest absolute Gasteiger partial charge is 0.466 e. The first kappa shape index (κ1) is 78.1. The predicted octanol–water partition coefficient (Wildman–Crippen LogP) is 23.5. The molecule has 6 heteroatoms. The van der Waals surface area contributed by atoms with Crippen LogP contribution in [0.2, 0.25) is 0 Å². The van der Waals surface area contributed by atoms with E-state index in [1.807, 2.05) is 6.08 Å². The number of esters is 1. The molecule has 3 N–H and O–H groups in total. The Bertz CT molecular complexity index is 1300. The first-order valence-electron chi connectivity index (χ1n) is 36.3. The van der Waals surface area contributed by atoms with E-state index in [2.05, 4.69) is 43.5 Å². The summed E-state index contributed by atoms with van der Waals surface area (Å²) in [5.74, 6) is -0.0539. The summed E-state index contributed by atoms with van der Waals surface area (Å²) < 4.78 is 5.48. The molecule has 0 spiro atoms. The summed E-state index contributed by atoms with van der Waals surface area (Å²) in [4.78, 5) is 24.6. The van der Waals surface area contributed by atoms with Crippen LogP contribution in [0.25, 0.3) is 0 Å². The number of nitrogens with one attached hydrogen (secondary N) is 1. The number of aliphatic hydroxyl groups is 2. The van der Waals surface area contributed by atoms with Crippen LogP contribution < -0.4 is 5.32 Å². The summed E-state index contributed by atoms with van der Waals surface area (Å²) in [7, 11) is 0. The molecule has 80 heavy (non-hydrogen) atoms. The molecule has 0 saturated heterocycles. The molecule has 0 bridgehead atoms. The highest BCUT2D eigenvalue weighted by molar-refractivity contribution is 5.76. The Balaban J connectivity index is 3.34. The van der Waals surface area contributed by atoms with Crippen molar-refractivity contribution < 1.29 is 24.5 Å². The van der Waals surface area contributed by atoms with Crippen molar-refractivity contribution in [2.75, 3.05) is 13.2 Å². The fraction of sp³-hybridized carbons (Fsp3) is 0.892. The molecule has 0 fully saturated rings. The normalized spacial score (nSPS) is 12.7. The van der Waals surface area contributed by atoms with Crippen LogP contribution in [0, 0.1) is 0 Å². The lowest BCUT2D eigenvalue weighted by Crippen LogP contribution is -2.45. The number of hydrogen-bond donors (Lipinski definition) is 3. The monoisotopic (exact) mass is 1120 g/mol. The highest BCUT2D eigenvalue weighted by Gasteiger charge is 2.18. The highest BCUT2D eigenvalue weighted by atomic mass is 16.5. The van der Waals surface area contributed by atoms with E-state index in [0.717, 1.165) is 51.4 Å². The van der Waals surface area contributed by atoms with Crippen molar-refractivity contribution in [1.82, 2.24) is 5.32 Å². The zero-order valence-electron chi connectivity index (χ0n) is 54.1. The van der Waals surface area contributed by atoms with Gasteiger partial charge in [-0.2, -0.15) is 0 Å². The maximum absolute atomic E-state index is 12.5. The quantitative estimate of drug-likeness (QED) is 0.0320. The van der Waals surface area contributed by atoms with Crippen LogP contribution in [0.1, 0.15) is 399 Å². The number of hydrogen-bond acceptors (Lipinski definition) is 5. The average molecular weight is 1120 g/mol. The van der Waals surface area contributed by atoms with Crippen LogP contribution in [0.3, 0.4) is 0 Å². The second kappa shape index (κ2) is 69.6. The van der Waals surface area contributed by atoms with Gasteiger partial charge in [0.2, 0.25) is 5.91 Å². The molecule has 472 valence electrons. The Hall–Kier alpha value is -1.92. The zero-order valence-corrected chi connectivity index (χ0v) is 54.1. The van der Waals surface area contributed by atoms with Crippen molar-refractivity contribution in [2.45, 2.75) is 411 Å². The molecule has 2 atom stereocenters. The van der Waals surface area contributed by atoms with Gasteiger partial charge in [0.1, 0.15) is 0 Å². The Kier molecular flexibility index (Phi) is 67.9. The van der Waals surface area contributed by atoms with Crippen molar-refractivity contribution in [2.24, 2.45) is 0 Å². The summed E-state index contributed by atoms with van der Waals surface area (Å²) in [6, 6.07) is -0.625. The topological polar surface area (TPSA) is 95.9 Å². The molecule has 0 saturated carbocycles. The van der Waals surface area contributed by atoms with E-state index < -0.39 is 12.1 Å². The number of aliphatic hydroxyl groups excluding tert-OH is 2. The van der Waals surface area contributed by atoms with Gasteiger partial charge in [-0.25, -0.2) is 0 Å². The SMILES string of the molecule is CCCC/C=C\C/C=C\CCCCCCCC(=O)OCCCCCCCCCCCCCCCCCCCCCCCCCCCCCCCCCCC(=O)NC(CO)C(O)/C=C/CCCCCCCCCCCCCCCCC. The van der Waals surface area contributed by atoms with E-state index in [0.29, 0.717) is 19.4 Å². The van der Waals surface area contributed by atoms with Gasteiger partial charge < -0.3 is 20.3 Å². The van der Waals surface area contributed by atoms with Gasteiger partial charge in [-0.1, -0.05) is 365 Å². The van der Waals surface area contributed by atoms with Crippen LogP contribution in [0.5, 0.6) is 0 Å². The van der Waals surface area contributed by atoms with Crippen LogP contribution in [0.4, 0.5) is 0 Å². The van der Waals surface area contributed by atoms with E-state index in [-0.39, 0.29) is 18.5 Å². The lowest BCUT2D eigenvalue weighted by Gasteiger charge is -2.20. The molecular formula is C74H141NO5. The smallest absolute Gasteiger partial charge is 0.305 e. The third-order valence-electron chi connectivity index (χ3n) is 16.9. The minimum atomic E-state index is -0.842. The molecule has 0 heterocycles. The molecule has 0 aliphatic heterocycles. The zero-order chi connectivity index (χ0) is 57.8. The van der Waals surface area contributed by atoms with Crippen molar-refractivity contribution in [3.8, 4) is 0 Å². The van der Waals surface area contributed by atoms with Gasteiger partial charge in [0.15, 0.2) is 0 Å². The van der Waals surface area contributed by atoms with E-state index >= 15 is 0 Å². The van der Waals surface area contributed by atoms with Crippen LogP contribution in [-0.2, 0) is 14.3 Å². The van der Waals surface area contributed by atoms with E-state index in [4.69, 9.17) is 4.74 Å². The molecule has 0 aliphatic rings. The molecule has 0 rings (SSSR count). The number of allylic oxidation sites excluding steroid dienone is 5. The summed E-state index contributed by atoms with van der Waals surface area (Å²) in [6.07, 6.45) is 89.5. The Morgan fingerprint density at radius 2 is 0.637 bits per heavy atom. The third-order valence-corrected chi connectivity index (χ3v) is 16.9. The lowest BCUT2D eigenvalue weighted by molar-refractivity contribution is -0.143. The van der Waals surface area contributed by atoms with Gasteiger partial charge in [0, 0.05) is 12.8 Å². The fourth-order valence-corrected chi connectivity index (χ4v) is 11.4. The highest BCUT2D eigenvalue weighted by Crippen LogP contribution is 2.19. The standard InChI is InChI=1S/C74H141NO5/c1-3-5-7-9-11-13-15-17-19-36-39-42-46-50-54-58-62-66-72(77)71(70-76)75-73(78)67-63-59-55-51-47-43-40-37-34-32-30-28-26-24-22-20-21-23-25-27-29-31-33-35-38-41-45-49-53-57-61-65-69-80-74(79)68-64-60-56-52-48-44-18-16-14-12-10-8-6-4-2/h10,12,16,18,62,66,71-72,76-77H,3-9,11,13-15,17,19-61,63-65,67-70H2,1-2H3,(H,75,78)/b12-10-,18-16-,66-62+. The molecule has 1 amide bonds. The lowest BCUT2D eigenvalue weighted by atomic mass is 10.0. The van der Waals surface area contributed by atoms with E-state index in [9.17, 15) is 19.8 Å². The second-order valence-corrected chi connectivity index (χ2v) is 24.9. The molecular weight excluding hydrogens is 983 g/mol. The van der Waals surface area contributed by atoms with Gasteiger partial charge in [0.25, 0.3) is 0 Å². The average Bonchev–Trinajstić information content (AvgIpc) is 3.46. The minimum absolute atomic E-state index is 0.00659. The Morgan fingerprint density at radius 1 is 0.350 bits per heavy atom. The van der Waals surface area contributed by atoms with Crippen LogP contribution in [-0.4, -0.2) is 47.4 Å². The molecule has 0 aliphatic carbocycles. The van der Waals surface area contributed by atoms with Crippen molar-refractivity contribution >= 4 is 11.9 Å². The molecule has 0 radical (unpaired) electrons. The first-order chi connectivity index (χ1) is 39.5. The van der Waals surface area contributed by atoms with E-state index in [1.165, 1.54) is 321 Å². The Morgan fingerprint density at radius 3 is 0.988 bits per heavy atom. The van der Waals surface area contributed by atoms with Crippen molar-refractivity contribution in [1.29, 1.82) is 0 Å². The number of ether oxygens (including phenoxy) is 1. The van der Waals surface area contributed by atoms with Gasteiger partial charge in [-0.15, -0.1) is 0 Å². The third kappa shape index (κ3) is 65.2. The number of carbonyl (C=O) groups excluding carboxylic acids is 2. The predicted molar refractivity (Wildman–Crippen MR) is 352 cm³/mol. The van der Waals surface area contributed by atoms with Crippen LogP contribution >= 0.6 is 0 Å². The summed E-state index contributed by atoms with van der Waals surface area (Å²) >= 11 is 0. The number of rotatable bonds is 68.